The SMILES string of the molecule is O=C(Nc1ncccc1O)c1cccc(NC(=O)c2cccs2)c1. The van der Waals surface area contributed by atoms with Crippen LogP contribution >= 0.6 is 11.3 Å². The van der Waals surface area contributed by atoms with E-state index in [1.54, 1.807) is 42.5 Å². The van der Waals surface area contributed by atoms with Crippen LogP contribution < -0.4 is 10.6 Å². The quantitative estimate of drug-likeness (QED) is 0.680. The Morgan fingerprint density at radius 2 is 1.88 bits per heavy atom. The Morgan fingerprint density at radius 1 is 1.00 bits per heavy atom. The Morgan fingerprint density at radius 3 is 2.62 bits per heavy atom. The lowest BCUT2D eigenvalue weighted by Crippen LogP contribution is -2.14. The summed E-state index contributed by atoms with van der Waals surface area (Å²) >= 11 is 1.34. The summed E-state index contributed by atoms with van der Waals surface area (Å²) in [5.41, 5.74) is 0.843. The maximum absolute atomic E-state index is 12.3. The molecule has 0 aliphatic heterocycles. The standard InChI is InChI=1S/C17H13N3O3S/c21-13-6-2-8-18-15(13)20-16(22)11-4-1-5-12(10-11)19-17(23)14-7-3-9-24-14/h1-10,21H,(H,19,23)(H,18,20,22). The van der Waals surface area contributed by atoms with Crippen LogP contribution in [0.25, 0.3) is 0 Å². The van der Waals surface area contributed by atoms with Gasteiger partial charge in [0, 0.05) is 17.4 Å². The molecule has 0 bridgehead atoms. The maximum atomic E-state index is 12.3. The molecule has 0 unspecified atom stereocenters. The summed E-state index contributed by atoms with van der Waals surface area (Å²) in [6, 6.07) is 13.0. The van der Waals surface area contributed by atoms with E-state index in [1.807, 2.05) is 5.38 Å². The van der Waals surface area contributed by atoms with Gasteiger partial charge in [0.1, 0.15) is 0 Å². The van der Waals surface area contributed by atoms with Crippen LogP contribution in [0.4, 0.5) is 11.5 Å². The van der Waals surface area contributed by atoms with Crippen LogP contribution in [0.15, 0.2) is 60.1 Å². The molecule has 2 aromatic heterocycles. The summed E-state index contributed by atoms with van der Waals surface area (Å²) in [6.45, 7) is 0. The van der Waals surface area contributed by atoms with E-state index in [-0.39, 0.29) is 17.5 Å². The molecule has 0 saturated carbocycles. The summed E-state index contributed by atoms with van der Waals surface area (Å²) in [5.74, 6) is -0.704. The molecule has 24 heavy (non-hydrogen) atoms. The van der Waals surface area contributed by atoms with Crippen LogP contribution in [0.5, 0.6) is 5.75 Å². The average Bonchev–Trinajstić information content (AvgIpc) is 3.12. The van der Waals surface area contributed by atoms with Gasteiger partial charge in [0.15, 0.2) is 11.6 Å². The fourth-order valence-corrected chi connectivity index (χ4v) is 2.63. The van der Waals surface area contributed by atoms with Gasteiger partial charge in [-0.25, -0.2) is 4.98 Å². The number of hydrogen-bond acceptors (Lipinski definition) is 5. The Hall–Kier alpha value is -3.19. The number of nitrogens with zero attached hydrogens (tertiary/aromatic N) is 1. The normalized spacial score (nSPS) is 10.2. The van der Waals surface area contributed by atoms with Crippen molar-refractivity contribution in [2.24, 2.45) is 0 Å². The minimum atomic E-state index is -0.434. The molecule has 3 N–H and O–H groups in total. The summed E-state index contributed by atoms with van der Waals surface area (Å²) < 4.78 is 0. The van der Waals surface area contributed by atoms with Crippen molar-refractivity contribution in [3.63, 3.8) is 0 Å². The van der Waals surface area contributed by atoms with Crippen molar-refractivity contribution < 1.29 is 14.7 Å². The first-order chi connectivity index (χ1) is 11.6. The molecular weight excluding hydrogens is 326 g/mol. The summed E-state index contributed by atoms with van der Waals surface area (Å²) in [6.07, 6.45) is 1.47. The summed E-state index contributed by atoms with van der Waals surface area (Å²) in [5, 5.41) is 16.7. The molecule has 0 atom stereocenters. The van der Waals surface area contributed by atoms with Crippen LogP contribution in [0.1, 0.15) is 20.0 Å². The number of hydrogen-bond donors (Lipinski definition) is 3. The second-order valence-electron chi connectivity index (χ2n) is 4.84. The highest BCUT2D eigenvalue weighted by atomic mass is 32.1. The Labute approximate surface area is 141 Å². The van der Waals surface area contributed by atoms with Crippen molar-refractivity contribution in [2.75, 3.05) is 10.6 Å². The fourth-order valence-electron chi connectivity index (χ4n) is 2.01. The van der Waals surface area contributed by atoms with Crippen molar-refractivity contribution in [3.8, 4) is 5.75 Å². The number of anilines is 2. The predicted molar refractivity (Wildman–Crippen MR) is 92.6 cm³/mol. The highest BCUT2D eigenvalue weighted by Gasteiger charge is 2.12. The van der Waals surface area contributed by atoms with E-state index in [0.29, 0.717) is 16.1 Å². The van der Waals surface area contributed by atoms with E-state index < -0.39 is 5.91 Å². The smallest absolute Gasteiger partial charge is 0.265 e. The first kappa shape index (κ1) is 15.7. The third-order valence-corrected chi connectivity index (χ3v) is 4.01. The summed E-state index contributed by atoms with van der Waals surface area (Å²) in [7, 11) is 0. The first-order valence-electron chi connectivity index (χ1n) is 7.04. The molecule has 7 heteroatoms. The second kappa shape index (κ2) is 6.93. The molecule has 0 radical (unpaired) electrons. The van der Waals surface area contributed by atoms with Gasteiger partial charge in [-0.2, -0.15) is 0 Å². The monoisotopic (exact) mass is 339 g/mol. The number of thiophene rings is 1. The van der Waals surface area contributed by atoms with Gasteiger partial charge in [-0.15, -0.1) is 11.3 Å². The van der Waals surface area contributed by atoms with E-state index in [2.05, 4.69) is 15.6 Å². The molecule has 3 rings (SSSR count). The van der Waals surface area contributed by atoms with Gasteiger partial charge < -0.3 is 15.7 Å². The number of pyridine rings is 1. The lowest BCUT2D eigenvalue weighted by atomic mass is 10.2. The minimum absolute atomic E-state index is 0.0792. The molecule has 2 amide bonds. The highest BCUT2D eigenvalue weighted by molar-refractivity contribution is 7.12. The van der Waals surface area contributed by atoms with Gasteiger partial charge in [-0.1, -0.05) is 12.1 Å². The molecule has 0 saturated heterocycles. The van der Waals surface area contributed by atoms with Crippen LogP contribution in [-0.2, 0) is 0 Å². The third-order valence-electron chi connectivity index (χ3n) is 3.15. The molecule has 0 fully saturated rings. The minimum Gasteiger partial charge on any atom is -0.504 e. The number of rotatable bonds is 4. The van der Waals surface area contributed by atoms with Crippen molar-refractivity contribution in [1.82, 2.24) is 4.98 Å². The molecule has 1 aromatic carbocycles. The number of carbonyl (C=O) groups is 2. The van der Waals surface area contributed by atoms with Crippen LogP contribution in [-0.4, -0.2) is 21.9 Å². The van der Waals surface area contributed by atoms with E-state index in [0.717, 1.165) is 0 Å². The molecule has 120 valence electrons. The van der Waals surface area contributed by atoms with Gasteiger partial charge in [0.25, 0.3) is 11.8 Å². The maximum Gasteiger partial charge on any atom is 0.265 e. The van der Waals surface area contributed by atoms with Crippen LogP contribution in [0, 0.1) is 0 Å². The number of amides is 2. The topological polar surface area (TPSA) is 91.3 Å². The predicted octanol–water partition coefficient (Wildman–Crippen LogP) is 3.35. The van der Waals surface area contributed by atoms with Gasteiger partial charge in [-0.3, -0.25) is 9.59 Å². The van der Waals surface area contributed by atoms with E-state index in [4.69, 9.17) is 0 Å². The highest BCUT2D eigenvalue weighted by Crippen LogP contribution is 2.20. The molecule has 6 nitrogen and oxygen atoms in total. The van der Waals surface area contributed by atoms with E-state index in [1.165, 1.54) is 23.6 Å². The Bertz CT molecular complexity index is 878. The molecule has 0 spiro atoms. The van der Waals surface area contributed by atoms with Gasteiger partial charge in [-0.05, 0) is 41.8 Å². The zero-order chi connectivity index (χ0) is 16.9. The lowest BCUT2D eigenvalue weighted by Gasteiger charge is -2.08. The molecular formula is C17H13N3O3S. The van der Waals surface area contributed by atoms with Crippen molar-refractivity contribution in [1.29, 1.82) is 0 Å². The molecule has 3 aromatic rings. The number of benzene rings is 1. The van der Waals surface area contributed by atoms with Crippen molar-refractivity contribution in [2.45, 2.75) is 0 Å². The molecule has 0 aliphatic carbocycles. The number of nitrogens with one attached hydrogen (secondary N) is 2. The first-order valence-corrected chi connectivity index (χ1v) is 7.92. The Balaban J connectivity index is 1.74. The zero-order valence-corrected chi connectivity index (χ0v) is 13.2. The Kier molecular flexibility index (Phi) is 4.53. The largest absolute Gasteiger partial charge is 0.504 e. The van der Waals surface area contributed by atoms with Gasteiger partial charge >= 0.3 is 0 Å². The third kappa shape index (κ3) is 3.58. The molecule has 0 aliphatic rings. The lowest BCUT2D eigenvalue weighted by molar-refractivity contribution is 0.101. The van der Waals surface area contributed by atoms with Gasteiger partial charge in [0.2, 0.25) is 0 Å². The second-order valence-corrected chi connectivity index (χ2v) is 5.79. The van der Waals surface area contributed by atoms with Crippen molar-refractivity contribution >= 4 is 34.7 Å². The van der Waals surface area contributed by atoms with E-state index in [9.17, 15) is 14.7 Å². The fraction of sp³-hybridized carbons (Fsp3) is 0. The van der Waals surface area contributed by atoms with Crippen molar-refractivity contribution in [3.05, 3.63) is 70.5 Å². The van der Waals surface area contributed by atoms with Crippen LogP contribution in [0.2, 0.25) is 0 Å². The zero-order valence-electron chi connectivity index (χ0n) is 12.4. The van der Waals surface area contributed by atoms with Crippen LogP contribution in [0.3, 0.4) is 0 Å². The summed E-state index contributed by atoms with van der Waals surface area (Å²) in [4.78, 5) is 28.8. The van der Waals surface area contributed by atoms with Gasteiger partial charge in [0.05, 0.1) is 4.88 Å². The number of carbonyl (C=O) groups excluding carboxylic acids is 2. The van der Waals surface area contributed by atoms with E-state index >= 15 is 0 Å². The average molecular weight is 339 g/mol. The number of aromatic nitrogens is 1. The number of aromatic hydroxyl groups is 1. The molecule has 2 heterocycles.